The molecule has 2 aromatic heterocycles. The van der Waals surface area contributed by atoms with Crippen LogP contribution >= 0.6 is 11.3 Å². The molecule has 0 radical (unpaired) electrons. The van der Waals surface area contributed by atoms with Crippen LogP contribution in [0.25, 0.3) is 65.1 Å². The summed E-state index contributed by atoms with van der Waals surface area (Å²) < 4.78 is 1.19. The van der Waals surface area contributed by atoms with Gasteiger partial charge in [-0.15, -0.1) is 11.3 Å². The van der Waals surface area contributed by atoms with Crippen molar-refractivity contribution in [3.63, 3.8) is 0 Å². The Morgan fingerprint density at radius 2 is 1.15 bits per heavy atom. The monoisotopic (exact) mass is 515 g/mol. The third kappa shape index (κ3) is 4.46. The van der Waals surface area contributed by atoms with E-state index in [1.165, 1.54) is 26.6 Å². The molecule has 0 N–H and O–H groups in total. The van der Waals surface area contributed by atoms with Gasteiger partial charge in [0.15, 0.2) is 0 Å². The summed E-state index contributed by atoms with van der Waals surface area (Å²) in [4.78, 5) is 9.52. The predicted octanol–water partition coefficient (Wildman–Crippen LogP) is 9.38. The van der Waals surface area contributed by atoms with Gasteiger partial charge in [0, 0.05) is 17.3 Å². The minimum atomic E-state index is 0.673. The van der Waals surface area contributed by atoms with Crippen molar-refractivity contribution in [2.24, 2.45) is 0 Å². The quantitative estimate of drug-likeness (QED) is 0.235. The SMILES string of the molecule is N#Cc1ccc(-c2ccc(-c3ccc4cc(-c5ccc(-c6nc7ccccc7s6)cn5)ccc4c3)cc2)cc1. The Morgan fingerprint density at radius 3 is 1.82 bits per heavy atom. The first-order chi connectivity index (χ1) is 19.2. The van der Waals surface area contributed by atoms with Gasteiger partial charge >= 0.3 is 0 Å². The Kier molecular flexibility index (Phi) is 5.70. The Morgan fingerprint density at radius 1 is 0.564 bits per heavy atom. The lowest BCUT2D eigenvalue weighted by molar-refractivity contribution is 1.32. The maximum absolute atomic E-state index is 9.03. The molecule has 0 amide bonds. The minimum absolute atomic E-state index is 0.673. The highest BCUT2D eigenvalue weighted by Gasteiger charge is 2.08. The molecule has 0 fully saturated rings. The lowest BCUT2D eigenvalue weighted by Gasteiger charge is -2.08. The zero-order chi connectivity index (χ0) is 26.2. The van der Waals surface area contributed by atoms with Gasteiger partial charge in [0.1, 0.15) is 5.01 Å². The number of nitriles is 1. The molecule has 0 saturated carbocycles. The molecule has 0 bridgehead atoms. The molecular weight excluding hydrogens is 494 g/mol. The topological polar surface area (TPSA) is 49.6 Å². The summed E-state index contributed by atoms with van der Waals surface area (Å²) in [6.45, 7) is 0. The number of benzene rings is 5. The Bertz CT molecular complexity index is 1960. The van der Waals surface area contributed by atoms with Crippen LogP contribution in [0.5, 0.6) is 0 Å². The number of rotatable bonds is 4. The van der Waals surface area contributed by atoms with E-state index in [-0.39, 0.29) is 0 Å². The van der Waals surface area contributed by atoms with Crippen molar-refractivity contribution in [2.75, 3.05) is 0 Å². The van der Waals surface area contributed by atoms with E-state index in [2.05, 4.69) is 84.9 Å². The van der Waals surface area contributed by atoms with E-state index in [1.807, 2.05) is 48.7 Å². The molecule has 3 nitrogen and oxygen atoms in total. The number of hydrogen-bond acceptors (Lipinski definition) is 4. The molecule has 39 heavy (non-hydrogen) atoms. The molecule has 0 saturated heterocycles. The smallest absolute Gasteiger partial charge is 0.126 e. The van der Waals surface area contributed by atoms with E-state index in [4.69, 9.17) is 15.2 Å². The maximum Gasteiger partial charge on any atom is 0.126 e. The Balaban J connectivity index is 1.13. The van der Waals surface area contributed by atoms with Crippen LogP contribution in [-0.4, -0.2) is 9.97 Å². The van der Waals surface area contributed by atoms with Gasteiger partial charge in [0.2, 0.25) is 0 Å². The van der Waals surface area contributed by atoms with Gasteiger partial charge in [-0.3, -0.25) is 4.98 Å². The molecule has 5 aromatic carbocycles. The largest absolute Gasteiger partial charge is 0.256 e. The number of hydrogen-bond donors (Lipinski definition) is 0. The Labute approximate surface area is 230 Å². The van der Waals surface area contributed by atoms with Crippen LogP contribution in [0.1, 0.15) is 5.56 Å². The summed E-state index contributed by atoms with van der Waals surface area (Å²) in [7, 11) is 0. The van der Waals surface area contributed by atoms with Gasteiger partial charge in [0.25, 0.3) is 0 Å². The fraction of sp³-hybridized carbons (Fsp3) is 0. The molecular formula is C35H21N3S. The third-order valence-electron chi connectivity index (χ3n) is 7.01. The second kappa shape index (κ2) is 9.64. The van der Waals surface area contributed by atoms with Crippen LogP contribution in [0.15, 0.2) is 128 Å². The van der Waals surface area contributed by atoms with Crippen molar-refractivity contribution in [2.45, 2.75) is 0 Å². The van der Waals surface area contributed by atoms with Crippen LogP contribution < -0.4 is 0 Å². The van der Waals surface area contributed by atoms with E-state index >= 15 is 0 Å². The standard InChI is InChI=1S/C35H21N3S/c36-21-23-5-7-24(8-6-23)25-9-11-26(12-10-25)27-13-14-29-20-30(16-15-28(29)19-27)32-18-17-31(22-37-32)35-38-33-3-1-2-4-34(33)39-35/h1-20,22H. The molecule has 4 heteroatoms. The number of aromatic nitrogens is 2. The molecule has 0 unspecified atom stereocenters. The summed E-state index contributed by atoms with van der Waals surface area (Å²) in [6, 6.07) is 43.9. The zero-order valence-electron chi connectivity index (χ0n) is 20.9. The van der Waals surface area contributed by atoms with Crippen LogP contribution in [-0.2, 0) is 0 Å². The first-order valence-corrected chi connectivity index (χ1v) is 13.5. The van der Waals surface area contributed by atoms with Crippen molar-refractivity contribution in [3.8, 4) is 50.2 Å². The number of thiazole rings is 1. The summed E-state index contributed by atoms with van der Waals surface area (Å²) in [5.41, 5.74) is 9.37. The molecule has 0 aliphatic heterocycles. The number of nitrogens with zero attached hydrogens (tertiary/aromatic N) is 3. The van der Waals surface area contributed by atoms with Gasteiger partial charge in [0.05, 0.1) is 27.5 Å². The summed E-state index contributed by atoms with van der Waals surface area (Å²) in [6.07, 6.45) is 1.92. The number of para-hydroxylation sites is 1. The second-order valence-electron chi connectivity index (χ2n) is 9.46. The van der Waals surface area contributed by atoms with Gasteiger partial charge in [-0.25, -0.2) is 4.98 Å². The van der Waals surface area contributed by atoms with Crippen LogP contribution in [0.3, 0.4) is 0 Å². The van der Waals surface area contributed by atoms with Crippen molar-refractivity contribution < 1.29 is 0 Å². The third-order valence-corrected chi connectivity index (χ3v) is 8.09. The summed E-state index contributed by atoms with van der Waals surface area (Å²) in [5, 5.41) is 12.4. The molecule has 0 aliphatic carbocycles. The van der Waals surface area contributed by atoms with E-state index in [9.17, 15) is 0 Å². The molecule has 7 rings (SSSR count). The van der Waals surface area contributed by atoms with Crippen molar-refractivity contribution >= 4 is 32.3 Å². The highest BCUT2D eigenvalue weighted by molar-refractivity contribution is 7.21. The van der Waals surface area contributed by atoms with Crippen LogP contribution in [0, 0.1) is 11.3 Å². The normalized spacial score (nSPS) is 11.1. The fourth-order valence-corrected chi connectivity index (χ4v) is 5.82. The van der Waals surface area contributed by atoms with Gasteiger partial charge in [-0.05, 0) is 81.6 Å². The van der Waals surface area contributed by atoms with E-state index < -0.39 is 0 Å². The molecule has 2 heterocycles. The predicted molar refractivity (Wildman–Crippen MR) is 161 cm³/mol. The molecule has 182 valence electrons. The first-order valence-electron chi connectivity index (χ1n) is 12.7. The maximum atomic E-state index is 9.03. The average Bonchev–Trinajstić information content (AvgIpc) is 3.45. The summed E-state index contributed by atoms with van der Waals surface area (Å²) >= 11 is 1.69. The second-order valence-corrected chi connectivity index (χ2v) is 10.5. The van der Waals surface area contributed by atoms with E-state index in [0.717, 1.165) is 38.5 Å². The molecule has 7 aromatic rings. The Hall–Kier alpha value is -5.11. The number of pyridine rings is 1. The van der Waals surface area contributed by atoms with Gasteiger partial charge < -0.3 is 0 Å². The summed E-state index contributed by atoms with van der Waals surface area (Å²) in [5.74, 6) is 0. The molecule has 0 atom stereocenters. The molecule has 0 spiro atoms. The van der Waals surface area contributed by atoms with Crippen molar-refractivity contribution in [1.82, 2.24) is 9.97 Å². The lowest BCUT2D eigenvalue weighted by Crippen LogP contribution is -1.86. The lowest BCUT2D eigenvalue weighted by atomic mass is 9.97. The van der Waals surface area contributed by atoms with Crippen molar-refractivity contribution in [1.29, 1.82) is 5.26 Å². The van der Waals surface area contributed by atoms with Crippen LogP contribution in [0.4, 0.5) is 0 Å². The van der Waals surface area contributed by atoms with Crippen molar-refractivity contribution in [3.05, 3.63) is 133 Å². The number of fused-ring (bicyclic) bond motifs is 2. The van der Waals surface area contributed by atoms with Crippen LogP contribution in [0.2, 0.25) is 0 Å². The average molecular weight is 516 g/mol. The van der Waals surface area contributed by atoms with E-state index in [0.29, 0.717) is 5.56 Å². The fourth-order valence-electron chi connectivity index (χ4n) is 4.86. The highest BCUT2D eigenvalue weighted by Crippen LogP contribution is 2.32. The molecule has 0 aliphatic rings. The zero-order valence-corrected chi connectivity index (χ0v) is 21.7. The minimum Gasteiger partial charge on any atom is -0.256 e. The van der Waals surface area contributed by atoms with Gasteiger partial charge in [-0.2, -0.15) is 5.26 Å². The van der Waals surface area contributed by atoms with Gasteiger partial charge in [-0.1, -0.05) is 72.8 Å². The van der Waals surface area contributed by atoms with E-state index in [1.54, 1.807) is 11.3 Å². The first kappa shape index (κ1) is 23.0. The highest BCUT2D eigenvalue weighted by atomic mass is 32.1.